The van der Waals surface area contributed by atoms with Crippen LogP contribution in [0, 0.1) is 18.3 Å². The van der Waals surface area contributed by atoms with Gasteiger partial charge >= 0.3 is 0 Å². The van der Waals surface area contributed by atoms with E-state index in [1.54, 1.807) is 6.07 Å². The summed E-state index contributed by atoms with van der Waals surface area (Å²) in [6, 6.07) is 15.8. The van der Waals surface area contributed by atoms with Crippen molar-refractivity contribution in [3.8, 4) is 17.6 Å². The fraction of sp³-hybridized carbons (Fsp3) is 0.235. The molecule has 0 aliphatic carbocycles. The van der Waals surface area contributed by atoms with E-state index < -0.39 is 0 Å². The summed E-state index contributed by atoms with van der Waals surface area (Å²) < 4.78 is 5.90. The summed E-state index contributed by atoms with van der Waals surface area (Å²) in [5, 5.41) is 9.13. The maximum Gasteiger partial charge on any atom is 0.148 e. The molecular formula is C17H17NO. The molecule has 0 spiro atoms. The van der Waals surface area contributed by atoms with Gasteiger partial charge in [0.05, 0.1) is 5.56 Å². The normalized spacial score (nSPS) is 10.3. The molecule has 2 aromatic rings. The van der Waals surface area contributed by atoms with Crippen molar-refractivity contribution < 1.29 is 4.74 Å². The first-order valence-corrected chi connectivity index (χ1v) is 6.39. The number of hydrogen-bond acceptors (Lipinski definition) is 2. The van der Waals surface area contributed by atoms with Gasteiger partial charge in [0.15, 0.2) is 0 Å². The molecule has 0 N–H and O–H groups in total. The van der Waals surface area contributed by atoms with Gasteiger partial charge in [-0.05, 0) is 42.2 Å². The average molecular weight is 251 g/mol. The van der Waals surface area contributed by atoms with Crippen LogP contribution >= 0.6 is 0 Å². The molecule has 0 fully saturated rings. The van der Waals surface area contributed by atoms with Crippen LogP contribution < -0.4 is 4.74 Å². The van der Waals surface area contributed by atoms with Crippen LogP contribution in [0.3, 0.4) is 0 Å². The molecule has 0 atom stereocenters. The standard InChI is InChI=1S/C17H17NO/c1-12(2)14-7-5-9-16(10-14)19-17-13(3)6-4-8-15(17)11-18/h4-10,12H,1-3H3. The fourth-order valence-electron chi connectivity index (χ4n) is 1.93. The minimum absolute atomic E-state index is 0.454. The lowest BCUT2D eigenvalue weighted by Crippen LogP contribution is -1.93. The molecule has 0 saturated carbocycles. The lowest BCUT2D eigenvalue weighted by atomic mass is 10.0. The monoisotopic (exact) mass is 251 g/mol. The second-order valence-electron chi connectivity index (χ2n) is 4.89. The summed E-state index contributed by atoms with van der Waals surface area (Å²) in [7, 11) is 0. The van der Waals surface area contributed by atoms with Gasteiger partial charge in [-0.15, -0.1) is 0 Å². The summed E-state index contributed by atoms with van der Waals surface area (Å²) in [5.74, 6) is 1.87. The molecule has 2 heteroatoms. The number of ether oxygens (including phenoxy) is 1. The number of nitriles is 1. The molecule has 2 aromatic carbocycles. The van der Waals surface area contributed by atoms with Crippen LogP contribution in [0.4, 0.5) is 0 Å². The van der Waals surface area contributed by atoms with Crippen molar-refractivity contribution in [2.45, 2.75) is 26.7 Å². The van der Waals surface area contributed by atoms with E-state index in [0.717, 1.165) is 11.3 Å². The van der Waals surface area contributed by atoms with Crippen molar-refractivity contribution in [3.63, 3.8) is 0 Å². The molecule has 0 saturated heterocycles. The Bertz CT molecular complexity index is 623. The van der Waals surface area contributed by atoms with Crippen molar-refractivity contribution >= 4 is 0 Å². The fourth-order valence-corrected chi connectivity index (χ4v) is 1.93. The minimum atomic E-state index is 0.454. The van der Waals surface area contributed by atoms with Crippen LogP contribution in [-0.2, 0) is 0 Å². The zero-order valence-corrected chi connectivity index (χ0v) is 11.5. The molecule has 0 aliphatic rings. The molecule has 0 unspecified atom stereocenters. The zero-order chi connectivity index (χ0) is 13.8. The number of benzene rings is 2. The third kappa shape index (κ3) is 2.95. The summed E-state index contributed by atoms with van der Waals surface area (Å²) >= 11 is 0. The van der Waals surface area contributed by atoms with E-state index in [1.165, 1.54) is 5.56 Å². The zero-order valence-electron chi connectivity index (χ0n) is 11.5. The van der Waals surface area contributed by atoms with Gasteiger partial charge in [0.2, 0.25) is 0 Å². The quantitative estimate of drug-likeness (QED) is 0.786. The van der Waals surface area contributed by atoms with Crippen LogP contribution in [-0.4, -0.2) is 0 Å². The summed E-state index contributed by atoms with van der Waals surface area (Å²) in [5.41, 5.74) is 2.76. The van der Waals surface area contributed by atoms with E-state index in [-0.39, 0.29) is 0 Å². The molecule has 0 amide bonds. The second kappa shape index (κ2) is 5.58. The molecular weight excluding hydrogens is 234 g/mol. The molecule has 96 valence electrons. The highest BCUT2D eigenvalue weighted by molar-refractivity contribution is 5.50. The molecule has 2 nitrogen and oxygen atoms in total. The molecule has 19 heavy (non-hydrogen) atoms. The van der Waals surface area contributed by atoms with Gasteiger partial charge < -0.3 is 4.74 Å². The van der Waals surface area contributed by atoms with Crippen LogP contribution in [0.5, 0.6) is 11.5 Å². The maximum atomic E-state index is 9.13. The Balaban J connectivity index is 2.37. The first-order valence-electron chi connectivity index (χ1n) is 6.39. The van der Waals surface area contributed by atoms with E-state index in [1.807, 2.05) is 37.3 Å². The number of para-hydroxylation sites is 1. The third-order valence-corrected chi connectivity index (χ3v) is 3.08. The molecule has 0 radical (unpaired) electrons. The van der Waals surface area contributed by atoms with Gasteiger partial charge in [-0.2, -0.15) is 5.26 Å². The molecule has 0 aliphatic heterocycles. The topological polar surface area (TPSA) is 33.0 Å². The van der Waals surface area contributed by atoms with E-state index in [4.69, 9.17) is 10.00 Å². The Labute approximate surface area is 114 Å². The summed E-state index contributed by atoms with van der Waals surface area (Å²) in [6.45, 7) is 6.24. The Morgan fingerprint density at radius 1 is 1.11 bits per heavy atom. The van der Waals surface area contributed by atoms with E-state index in [0.29, 0.717) is 17.2 Å². The highest BCUT2D eigenvalue weighted by atomic mass is 16.5. The van der Waals surface area contributed by atoms with Crippen molar-refractivity contribution in [2.24, 2.45) is 0 Å². The first-order chi connectivity index (χ1) is 9.11. The number of rotatable bonds is 3. The lowest BCUT2D eigenvalue weighted by molar-refractivity contribution is 0.476. The van der Waals surface area contributed by atoms with Gasteiger partial charge in [0, 0.05) is 0 Å². The van der Waals surface area contributed by atoms with Gasteiger partial charge in [0.25, 0.3) is 0 Å². The van der Waals surface area contributed by atoms with Crippen LogP contribution in [0.25, 0.3) is 0 Å². The molecule has 0 heterocycles. The average Bonchev–Trinajstić information content (AvgIpc) is 2.41. The Hall–Kier alpha value is -2.27. The highest BCUT2D eigenvalue weighted by Gasteiger charge is 2.08. The Kier molecular flexibility index (Phi) is 3.87. The molecule has 2 rings (SSSR count). The Morgan fingerprint density at radius 2 is 1.84 bits per heavy atom. The van der Waals surface area contributed by atoms with Crippen LogP contribution in [0.2, 0.25) is 0 Å². The van der Waals surface area contributed by atoms with E-state index in [9.17, 15) is 0 Å². The highest BCUT2D eigenvalue weighted by Crippen LogP contribution is 2.30. The number of aryl methyl sites for hydroxylation is 1. The largest absolute Gasteiger partial charge is 0.456 e. The number of hydrogen-bond donors (Lipinski definition) is 0. The minimum Gasteiger partial charge on any atom is -0.456 e. The molecule has 0 bridgehead atoms. The summed E-state index contributed by atoms with van der Waals surface area (Å²) in [4.78, 5) is 0. The van der Waals surface area contributed by atoms with Crippen LogP contribution in [0.15, 0.2) is 42.5 Å². The molecule has 0 aromatic heterocycles. The predicted molar refractivity (Wildman–Crippen MR) is 76.5 cm³/mol. The first kappa shape index (κ1) is 13.2. The van der Waals surface area contributed by atoms with Crippen molar-refractivity contribution in [2.75, 3.05) is 0 Å². The predicted octanol–water partition coefficient (Wildman–Crippen LogP) is 4.78. The van der Waals surface area contributed by atoms with E-state index in [2.05, 4.69) is 26.0 Å². The second-order valence-corrected chi connectivity index (χ2v) is 4.89. The number of nitrogens with zero attached hydrogens (tertiary/aromatic N) is 1. The summed E-state index contributed by atoms with van der Waals surface area (Å²) in [6.07, 6.45) is 0. The lowest BCUT2D eigenvalue weighted by Gasteiger charge is -2.12. The van der Waals surface area contributed by atoms with Crippen molar-refractivity contribution in [1.29, 1.82) is 5.26 Å². The SMILES string of the molecule is Cc1cccc(C#N)c1Oc1cccc(C(C)C)c1. The van der Waals surface area contributed by atoms with Crippen molar-refractivity contribution in [3.05, 3.63) is 59.2 Å². The van der Waals surface area contributed by atoms with Gasteiger partial charge in [-0.1, -0.05) is 38.1 Å². The smallest absolute Gasteiger partial charge is 0.148 e. The van der Waals surface area contributed by atoms with Crippen LogP contribution in [0.1, 0.15) is 36.5 Å². The third-order valence-electron chi connectivity index (χ3n) is 3.08. The van der Waals surface area contributed by atoms with Crippen molar-refractivity contribution in [1.82, 2.24) is 0 Å². The van der Waals surface area contributed by atoms with Gasteiger partial charge in [-0.25, -0.2) is 0 Å². The Morgan fingerprint density at radius 3 is 2.53 bits per heavy atom. The van der Waals surface area contributed by atoms with E-state index >= 15 is 0 Å². The maximum absolute atomic E-state index is 9.13. The van der Waals surface area contributed by atoms with Gasteiger partial charge in [0.1, 0.15) is 17.6 Å². The van der Waals surface area contributed by atoms with Gasteiger partial charge in [-0.3, -0.25) is 0 Å².